The van der Waals surface area contributed by atoms with Crippen LogP contribution in [-0.2, 0) is 31.2 Å². The lowest BCUT2D eigenvalue weighted by molar-refractivity contribution is -0.129. The number of aryl methyl sites for hydroxylation is 1. The van der Waals surface area contributed by atoms with Crippen LogP contribution in [0.4, 0.5) is 0 Å². The number of nitrogens with zero attached hydrogens (tertiary/aromatic N) is 4. The van der Waals surface area contributed by atoms with Crippen molar-refractivity contribution in [2.75, 3.05) is 6.54 Å². The van der Waals surface area contributed by atoms with Gasteiger partial charge in [0, 0.05) is 63.6 Å². The van der Waals surface area contributed by atoms with Crippen molar-refractivity contribution in [3.8, 4) is 11.1 Å². The van der Waals surface area contributed by atoms with Gasteiger partial charge in [-0.1, -0.05) is 30.3 Å². The van der Waals surface area contributed by atoms with E-state index < -0.39 is 0 Å². The summed E-state index contributed by atoms with van der Waals surface area (Å²) in [6.07, 6.45) is 5.31. The largest absolute Gasteiger partial charge is 0.338 e. The zero-order valence-electron chi connectivity index (χ0n) is 15.1. The van der Waals surface area contributed by atoms with Crippen molar-refractivity contribution in [3.63, 3.8) is 0 Å². The van der Waals surface area contributed by atoms with E-state index in [-0.39, 0.29) is 5.91 Å². The summed E-state index contributed by atoms with van der Waals surface area (Å²) in [4.78, 5) is 17.8. The molecule has 4 rings (SSSR count). The van der Waals surface area contributed by atoms with Crippen LogP contribution in [0.15, 0.2) is 48.8 Å². The Balaban J connectivity index is 1.58. The highest BCUT2D eigenvalue weighted by Gasteiger charge is 2.25. The number of benzene rings is 1. The van der Waals surface area contributed by atoms with E-state index in [0.29, 0.717) is 6.54 Å². The smallest absolute Gasteiger partial charge is 0.219 e. The van der Waals surface area contributed by atoms with Gasteiger partial charge in [0.15, 0.2) is 0 Å². The topological polar surface area (TPSA) is 51.0 Å². The van der Waals surface area contributed by atoms with Gasteiger partial charge in [0.05, 0.1) is 5.69 Å². The van der Waals surface area contributed by atoms with Crippen LogP contribution < -0.4 is 0 Å². The fourth-order valence-corrected chi connectivity index (χ4v) is 3.62. The number of hydrogen-bond donors (Lipinski definition) is 0. The van der Waals surface area contributed by atoms with Crippen LogP contribution in [0.1, 0.15) is 29.4 Å². The molecule has 1 aromatic carbocycles. The molecular formula is C21H22N4O. The van der Waals surface area contributed by atoms with Gasteiger partial charge in [-0.3, -0.25) is 14.5 Å². The zero-order valence-corrected chi connectivity index (χ0v) is 15.1. The first kappa shape index (κ1) is 16.5. The Hall–Kier alpha value is -2.95. The van der Waals surface area contributed by atoms with Gasteiger partial charge in [0.25, 0.3) is 0 Å². The maximum absolute atomic E-state index is 11.8. The molecule has 1 aliphatic heterocycles. The van der Waals surface area contributed by atoms with Gasteiger partial charge in [-0.15, -0.1) is 0 Å². The zero-order chi connectivity index (χ0) is 18.1. The first-order chi connectivity index (χ1) is 12.6. The molecule has 1 amide bonds. The Kier molecular flexibility index (Phi) is 4.29. The normalized spacial score (nSPS) is 13.5. The second kappa shape index (κ2) is 6.75. The van der Waals surface area contributed by atoms with Crippen LogP contribution >= 0.6 is 0 Å². The van der Waals surface area contributed by atoms with Crippen LogP contribution in [0, 0.1) is 0 Å². The minimum Gasteiger partial charge on any atom is -0.338 e. The molecule has 0 fully saturated rings. The number of carbonyl (C=O) groups excluding carboxylic acids is 1. The minimum atomic E-state index is 0.131. The molecule has 0 unspecified atom stereocenters. The van der Waals surface area contributed by atoms with Crippen molar-refractivity contribution < 1.29 is 4.79 Å². The van der Waals surface area contributed by atoms with E-state index in [0.717, 1.165) is 36.2 Å². The number of amides is 1. The molecule has 3 heterocycles. The summed E-state index contributed by atoms with van der Waals surface area (Å²) in [6, 6.07) is 12.6. The van der Waals surface area contributed by atoms with E-state index in [9.17, 15) is 4.79 Å². The maximum Gasteiger partial charge on any atom is 0.219 e. The lowest BCUT2D eigenvalue weighted by atomic mass is 9.99. The fraction of sp³-hybridized carbons (Fsp3) is 0.286. The third-order valence-corrected chi connectivity index (χ3v) is 5.09. The second-order valence-corrected chi connectivity index (χ2v) is 6.80. The summed E-state index contributed by atoms with van der Waals surface area (Å²) in [5, 5.41) is 4.73. The SMILES string of the molecule is CC(=O)N1CCc2c(c(Cc3ccc(-c4cccnc4)cc3)nn2C)C1. The highest BCUT2D eigenvalue weighted by atomic mass is 16.2. The van der Waals surface area contributed by atoms with Gasteiger partial charge in [-0.2, -0.15) is 5.10 Å². The highest BCUT2D eigenvalue weighted by molar-refractivity contribution is 5.73. The maximum atomic E-state index is 11.8. The first-order valence-corrected chi connectivity index (χ1v) is 8.90. The molecule has 2 aromatic heterocycles. The van der Waals surface area contributed by atoms with Gasteiger partial charge in [-0.25, -0.2) is 0 Å². The lowest BCUT2D eigenvalue weighted by Gasteiger charge is -2.26. The molecule has 0 spiro atoms. The molecular weight excluding hydrogens is 324 g/mol. The number of aromatic nitrogens is 3. The summed E-state index contributed by atoms with van der Waals surface area (Å²) in [5.74, 6) is 0.131. The van der Waals surface area contributed by atoms with Crippen molar-refractivity contribution >= 4 is 5.91 Å². The molecule has 5 nitrogen and oxygen atoms in total. The van der Waals surface area contributed by atoms with E-state index in [1.807, 2.05) is 28.9 Å². The summed E-state index contributed by atoms with van der Waals surface area (Å²) < 4.78 is 1.98. The Labute approximate surface area is 153 Å². The quantitative estimate of drug-likeness (QED) is 0.733. The molecule has 0 aliphatic carbocycles. The average Bonchev–Trinajstić information content (AvgIpc) is 2.98. The van der Waals surface area contributed by atoms with E-state index >= 15 is 0 Å². The average molecular weight is 346 g/mol. The minimum absolute atomic E-state index is 0.131. The van der Waals surface area contributed by atoms with Gasteiger partial charge >= 0.3 is 0 Å². The molecule has 5 heteroatoms. The molecule has 0 radical (unpaired) electrons. The number of fused-ring (bicyclic) bond motifs is 1. The summed E-state index contributed by atoms with van der Waals surface area (Å²) >= 11 is 0. The third kappa shape index (κ3) is 3.12. The second-order valence-electron chi connectivity index (χ2n) is 6.80. The van der Waals surface area contributed by atoms with Crippen molar-refractivity contribution in [3.05, 3.63) is 71.3 Å². The summed E-state index contributed by atoms with van der Waals surface area (Å²) in [6.45, 7) is 3.08. The number of carbonyl (C=O) groups is 1. The van der Waals surface area contributed by atoms with Crippen LogP contribution in [0.2, 0.25) is 0 Å². The predicted octanol–water partition coefficient (Wildman–Crippen LogP) is 2.98. The van der Waals surface area contributed by atoms with Crippen molar-refractivity contribution in [2.24, 2.45) is 7.05 Å². The molecule has 1 aliphatic rings. The molecule has 0 saturated heterocycles. The Morgan fingerprint density at radius 2 is 1.96 bits per heavy atom. The van der Waals surface area contributed by atoms with Crippen LogP contribution in [-0.4, -0.2) is 32.1 Å². The Bertz CT molecular complexity index is 929. The Morgan fingerprint density at radius 1 is 1.15 bits per heavy atom. The van der Waals surface area contributed by atoms with Crippen molar-refractivity contribution in [1.29, 1.82) is 0 Å². The molecule has 0 bridgehead atoms. The van der Waals surface area contributed by atoms with Gasteiger partial charge in [-0.05, 0) is 22.8 Å². The van der Waals surface area contributed by atoms with E-state index in [4.69, 9.17) is 5.10 Å². The first-order valence-electron chi connectivity index (χ1n) is 8.90. The summed E-state index contributed by atoms with van der Waals surface area (Å²) in [5.41, 5.74) is 7.04. The van der Waals surface area contributed by atoms with E-state index in [2.05, 4.69) is 35.3 Å². The molecule has 0 N–H and O–H groups in total. The predicted molar refractivity (Wildman–Crippen MR) is 100 cm³/mol. The lowest BCUT2D eigenvalue weighted by Crippen LogP contribution is -2.34. The molecule has 0 saturated carbocycles. The molecule has 26 heavy (non-hydrogen) atoms. The van der Waals surface area contributed by atoms with Crippen LogP contribution in [0.5, 0.6) is 0 Å². The number of hydrogen-bond acceptors (Lipinski definition) is 3. The van der Waals surface area contributed by atoms with Crippen LogP contribution in [0.25, 0.3) is 11.1 Å². The molecule has 0 atom stereocenters. The number of pyridine rings is 1. The highest BCUT2D eigenvalue weighted by Crippen LogP contribution is 2.25. The van der Waals surface area contributed by atoms with Crippen LogP contribution in [0.3, 0.4) is 0 Å². The van der Waals surface area contributed by atoms with Crippen molar-refractivity contribution in [2.45, 2.75) is 26.3 Å². The van der Waals surface area contributed by atoms with Crippen molar-refractivity contribution in [1.82, 2.24) is 19.7 Å². The molecule has 132 valence electrons. The van der Waals surface area contributed by atoms with E-state index in [1.165, 1.54) is 16.8 Å². The third-order valence-electron chi connectivity index (χ3n) is 5.09. The molecule has 3 aromatic rings. The van der Waals surface area contributed by atoms with E-state index in [1.54, 1.807) is 13.1 Å². The standard InChI is InChI=1S/C21H22N4O/c1-15(26)25-11-9-21-19(14-25)20(23-24(21)2)12-16-5-7-17(8-6-16)18-4-3-10-22-13-18/h3-8,10,13H,9,11-12,14H2,1-2H3. The van der Waals surface area contributed by atoms with Gasteiger partial charge in [0.2, 0.25) is 5.91 Å². The number of rotatable bonds is 3. The van der Waals surface area contributed by atoms with Gasteiger partial charge in [0.1, 0.15) is 0 Å². The fourth-order valence-electron chi connectivity index (χ4n) is 3.62. The van der Waals surface area contributed by atoms with Gasteiger partial charge < -0.3 is 4.90 Å². The summed E-state index contributed by atoms with van der Waals surface area (Å²) in [7, 11) is 2.00. The Morgan fingerprint density at radius 3 is 2.65 bits per heavy atom. The monoisotopic (exact) mass is 346 g/mol.